The molecular formula is C16H20BrNO2. The fraction of sp³-hybridized carbons (Fsp3) is 0.375. The van der Waals surface area contributed by atoms with Crippen LogP contribution in [0.4, 0.5) is 0 Å². The molecule has 0 saturated carbocycles. The molecule has 0 aliphatic carbocycles. The largest absolute Gasteiger partial charge is 0.467 e. The number of furan rings is 1. The summed E-state index contributed by atoms with van der Waals surface area (Å²) in [6.07, 6.45) is 2.66. The standard InChI is InChI=1S/C16H20BrNO2/c1-13-5-6-14(16(17)10-13)11-18-7-3-8-19-12-15-4-2-9-20-15/h2,4-6,9-10,18H,3,7-8,11-12H2,1H3. The third-order valence-electron chi connectivity index (χ3n) is 2.99. The molecule has 1 aromatic heterocycles. The van der Waals surface area contributed by atoms with Crippen molar-refractivity contribution in [2.75, 3.05) is 13.2 Å². The van der Waals surface area contributed by atoms with Crippen LogP contribution < -0.4 is 5.32 Å². The minimum absolute atomic E-state index is 0.552. The van der Waals surface area contributed by atoms with Crippen molar-refractivity contribution in [1.29, 1.82) is 0 Å². The summed E-state index contributed by atoms with van der Waals surface area (Å²) in [5.74, 6) is 0.876. The van der Waals surface area contributed by atoms with Crippen molar-refractivity contribution in [2.24, 2.45) is 0 Å². The lowest BCUT2D eigenvalue weighted by atomic mass is 10.1. The lowest BCUT2D eigenvalue weighted by molar-refractivity contribution is 0.104. The number of hydrogen-bond donors (Lipinski definition) is 1. The molecule has 0 aliphatic rings. The molecule has 20 heavy (non-hydrogen) atoms. The molecule has 1 heterocycles. The molecule has 0 aliphatic heterocycles. The Hall–Kier alpha value is -1.10. The van der Waals surface area contributed by atoms with Crippen molar-refractivity contribution in [2.45, 2.75) is 26.5 Å². The van der Waals surface area contributed by atoms with E-state index in [2.05, 4.69) is 46.4 Å². The van der Waals surface area contributed by atoms with Gasteiger partial charge in [0.25, 0.3) is 0 Å². The molecule has 0 amide bonds. The first kappa shape index (κ1) is 15.3. The molecule has 0 fully saturated rings. The van der Waals surface area contributed by atoms with E-state index in [4.69, 9.17) is 9.15 Å². The van der Waals surface area contributed by atoms with E-state index in [-0.39, 0.29) is 0 Å². The molecule has 0 bridgehead atoms. The number of aryl methyl sites for hydroxylation is 1. The van der Waals surface area contributed by atoms with Crippen molar-refractivity contribution < 1.29 is 9.15 Å². The molecule has 0 atom stereocenters. The van der Waals surface area contributed by atoms with Gasteiger partial charge < -0.3 is 14.5 Å². The fourth-order valence-corrected chi connectivity index (χ4v) is 2.52. The van der Waals surface area contributed by atoms with Gasteiger partial charge in [0.1, 0.15) is 12.4 Å². The highest BCUT2D eigenvalue weighted by Crippen LogP contribution is 2.17. The Balaban J connectivity index is 1.55. The summed E-state index contributed by atoms with van der Waals surface area (Å²) in [5.41, 5.74) is 2.55. The zero-order valence-electron chi connectivity index (χ0n) is 11.7. The van der Waals surface area contributed by atoms with E-state index in [0.717, 1.165) is 31.9 Å². The minimum Gasteiger partial charge on any atom is -0.467 e. The van der Waals surface area contributed by atoms with Crippen LogP contribution in [0.25, 0.3) is 0 Å². The molecule has 0 spiro atoms. The van der Waals surface area contributed by atoms with Crippen molar-refractivity contribution in [1.82, 2.24) is 5.32 Å². The lowest BCUT2D eigenvalue weighted by Gasteiger charge is -2.08. The van der Waals surface area contributed by atoms with Crippen LogP contribution in [0.3, 0.4) is 0 Å². The quantitative estimate of drug-likeness (QED) is 0.738. The van der Waals surface area contributed by atoms with Gasteiger partial charge in [-0.05, 0) is 49.2 Å². The average Bonchev–Trinajstić information content (AvgIpc) is 2.93. The Morgan fingerprint density at radius 3 is 2.95 bits per heavy atom. The summed E-state index contributed by atoms with van der Waals surface area (Å²) < 4.78 is 11.9. The van der Waals surface area contributed by atoms with Crippen molar-refractivity contribution in [3.63, 3.8) is 0 Å². The highest BCUT2D eigenvalue weighted by molar-refractivity contribution is 9.10. The maximum absolute atomic E-state index is 5.53. The maximum Gasteiger partial charge on any atom is 0.129 e. The lowest BCUT2D eigenvalue weighted by Crippen LogP contribution is -2.16. The van der Waals surface area contributed by atoms with Crippen molar-refractivity contribution in [3.8, 4) is 0 Å². The topological polar surface area (TPSA) is 34.4 Å². The smallest absolute Gasteiger partial charge is 0.129 e. The van der Waals surface area contributed by atoms with Crippen LogP contribution in [0.5, 0.6) is 0 Å². The maximum atomic E-state index is 5.53. The van der Waals surface area contributed by atoms with Crippen LogP contribution in [0.15, 0.2) is 45.5 Å². The van der Waals surface area contributed by atoms with Gasteiger partial charge in [0.15, 0.2) is 0 Å². The predicted molar refractivity (Wildman–Crippen MR) is 83.6 cm³/mol. The van der Waals surface area contributed by atoms with Gasteiger partial charge in [0.05, 0.1) is 6.26 Å². The van der Waals surface area contributed by atoms with Gasteiger partial charge in [-0.2, -0.15) is 0 Å². The molecule has 2 rings (SSSR count). The Morgan fingerprint density at radius 1 is 1.30 bits per heavy atom. The molecule has 1 N–H and O–H groups in total. The normalized spacial score (nSPS) is 10.9. The number of rotatable bonds is 8. The second-order valence-electron chi connectivity index (χ2n) is 4.76. The molecule has 3 nitrogen and oxygen atoms in total. The average molecular weight is 338 g/mol. The minimum atomic E-state index is 0.552. The van der Waals surface area contributed by atoms with Crippen LogP contribution in [0.1, 0.15) is 23.3 Å². The first-order valence-corrected chi connectivity index (χ1v) is 7.61. The Kier molecular flexibility index (Phi) is 6.30. The summed E-state index contributed by atoms with van der Waals surface area (Å²) >= 11 is 3.59. The third-order valence-corrected chi connectivity index (χ3v) is 3.73. The summed E-state index contributed by atoms with van der Waals surface area (Å²) in [5, 5.41) is 3.42. The second kappa shape index (κ2) is 8.25. The molecule has 108 valence electrons. The summed E-state index contributed by atoms with van der Waals surface area (Å²) in [4.78, 5) is 0. The van der Waals surface area contributed by atoms with E-state index in [1.807, 2.05) is 12.1 Å². The van der Waals surface area contributed by atoms with Crippen LogP contribution in [0, 0.1) is 6.92 Å². The summed E-state index contributed by atoms with van der Waals surface area (Å²) in [6.45, 7) is 5.20. The zero-order chi connectivity index (χ0) is 14.2. The van der Waals surface area contributed by atoms with E-state index in [1.54, 1.807) is 6.26 Å². The van der Waals surface area contributed by atoms with Gasteiger partial charge in [-0.3, -0.25) is 0 Å². The number of nitrogens with one attached hydrogen (secondary N) is 1. The first-order valence-electron chi connectivity index (χ1n) is 6.81. The van der Waals surface area contributed by atoms with Crippen molar-refractivity contribution >= 4 is 15.9 Å². The molecular weight excluding hydrogens is 318 g/mol. The van der Waals surface area contributed by atoms with E-state index in [9.17, 15) is 0 Å². The van der Waals surface area contributed by atoms with Crippen molar-refractivity contribution in [3.05, 3.63) is 58.0 Å². The Morgan fingerprint density at radius 2 is 2.20 bits per heavy atom. The third kappa shape index (κ3) is 5.12. The summed E-state index contributed by atoms with van der Waals surface area (Å²) in [7, 11) is 0. The van der Waals surface area contributed by atoms with Gasteiger partial charge in [0, 0.05) is 17.6 Å². The van der Waals surface area contributed by atoms with Gasteiger partial charge in [-0.15, -0.1) is 0 Å². The van der Waals surface area contributed by atoms with E-state index in [0.29, 0.717) is 6.61 Å². The van der Waals surface area contributed by atoms with Gasteiger partial charge in [-0.25, -0.2) is 0 Å². The molecule has 0 radical (unpaired) electrons. The van der Waals surface area contributed by atoms with E-state index in [1.165, 1.54) is 15.6 Å². The second-order valence-corrected chi connectivity index (χ2v) is 5.61. The SMILES string of the molecule is Cc1ccc(CNCCCOCc2ccco2)c(Br)c1. The number of ether oxygens (including phenoxy) is 1. The van der Waals surface area contributed by atoms with Crippen LogP contribution >= 0.6 is 15.9 Å². The first-order chi connectivity index (χ1) is 9.75. The van der Waals surface area contributed by atoms with Crippen LogP contribution in [-0.2, 0) is 17.9 Å². The fourth-order valence-electron chi connectivity index (χ4n) is 1.89. The van der Waals surface area contributed by atoms with Crippen LogP contribution in [0.2, 0.25) is 0 Å². The zero-order valence-corrected chi connectivity index (χ0v) is 13.3. The molecule has 4 heteroatoms. The van der Waals surface area contributed by atoms with Gasteiger partial charge >= 0.3 is 0 Å². The van der Waals surface area contributed by atoms with Gasteiger partial charge in [-0.1, -0.05) is 28.1 Å². The Bertz CT molecular complexity index is 511. The Labute approximate surface area is 128 Å². The molecule has 1 aromatic carbocycles. The monoisotopic (exact) mass is 337 g/mol. The van der Waals surface area contributed by atoms with E-state index < -0.39 is 0 Å². The summed E-state index contributed by atoms with van der Waals surface area (Å²) in [6, 6.07) is 10.2. The molecule has 0 saturated heterocycles. The number of benzene rings is 1. The molecule has 0 unspecified atom stereocenters. The van der Waals surface area contributed by atoms with Crippen LogP contribution in [-0.4, -0.2) is 13.2 Å². The predicted octanol–water partition coefficient (Wildman–Crippen LogP) is 4.05. The van der Waals surface area contributed by atoms with E-state index >= 15 is 0 Å². The highest BCUT2D eigenvalue weighted by Gasteiger charge is 1.99. The molecule has 2 aromatic rings. The number of halogens is 1. The van der Waals surface area contributed by atoms with Gasteiger partial charge in [0.2, 0.25) is 0 Å². The number of hydrogen-bond acceptors (Lipinski definition) is 3. The highest BCUT2D eigenvalue weighted by atomic mass is 79.9.